The number of hydrogen-bond acceptors (Lipinski definition) is 3. The monoisotopic (exact) mass is 275 g/mol. The molecule has 1 rings (SSSR count). The molecule has 5 heteroatoms. The quantitative estimate of drug-likeness (QED) is 0.803. The van der Waals surface area contributed by atoms with Crippen molar-refractivity contribution >= 4 is 11.6 Å². The highest BCUT2D eigenvalue weighted by atomic mass is 35.5. The van der Waals surface area contributed by atoms with Gasteiger partial charge in [-0.1, -0.05) is 17.7 Å². The van der Waals surface area contributed by atoms with Gasteiger partial charge in [0.2, 0.25) is 0 Å². The van der Waals surface area contributed by atoms with E-state index in [1.807, 2.05) is 0 Å². The van der Waals surface area contributed by atoms with Crippen molar-refractivity contribution in [3.05, 3.63) is 34.6 Å². The summed E-state index contributed by atoms with van der Waals surface area (Å²) in [5.74, 6) is -0.351. The van der Waals surface area contributed by atoms with Crippen LogP contribution in [0.1, 0.15) is 18.9 Å². The number of methoxy groups -OCH3 is 1. The van der Waals surface area contributed by atoms with Gasteiger partial charge in [-0.15, -0.1) is 0 Å². The lowest BCUT2D eigenvalue weighted by molar-refractivity contribution is 0.0247. The van der Waals surface area contributed by atoms with Crippen LogP contribution >= 0.6 is 11.6 Å². The minimum absolute atomic E-state index is 0.351. The molecule has 0 heterocycles. The van der Waals surface area contributed by atoms with Crippen LogP contribution in [0.4, 0.5) is 4.39 Å². The van der Waals surface area contributed by atoms with Gasteiger partial charge < -0.3 is 15.2 Å². The Labute approximate surface area is 112 Å². The Hall–Kier alpha value is -0.680. The molecule has 1 aromatic carbocycles. The Kier molecular flexibility index (Phi) is 6.02. The van der Waals surface area contributed by atoms with Gasteiger partial charge >= 0.3 is 0 Å². The van der Waals surface area contributed by atoms with E-state index in [2.05, 4.69) is 5.32 Å². The molecule has 0 radical (unpaired) electrons. The zero-order valence-electron chi connectivity index (χ0n) is 10.7. The lowest BCUT2D eigenvalue weighted by Gasteiger charge is -2.23. The highest BCUT2D eigenvalue weighted by Crippen LogP contribution is 2.17. The van der Waals surface area contributed by atoms with Crippen LogP contribution in [0.5, 0.6) is 0 Å². The summed E-state index contributed by atoms with van der Waals surface area (Å²) in [7, 11) is 1.60. The van der Waals surface area contributed by atoms with Crippen LogP contribution < -0.4 is 5.32 Å². The van der Waals surface area contributed by atoms with Crippen LogP contribution in [0.3, 0.4) is 0 Å². The Morgan fingerprint density at radius 2 is 2.22 bits per heavy atom. The topological polar surface area (TPSA) is 41.5 Å². The van der Waals surface area contributed by atoms with E-state index in [-0.39, 0.29) is 5.82 Å². The van der Waals surface area contributed by atoms with Crippen molar-refractivity contribution in [3.8, 4) is 0 Å². The molecular formula is C13H19ClFNO2. The first-order chi connectivity index (χ1) is 8.44. The first-order valence-electron chi connectivity index (χ1n) is 5.80. The van der Waals surface area contributed by atoms with E-state index in [4.69, 9.17) is 16.3 Å². The molecule has 0 aromatic heterocycles. The summed E-state index contributed by atoms with van der Waals surface area (Å²) >= 11 is 5.90. The lowest BCUT2D eigenvalue weighted by Crippen LogP contribution is -2.38. The average molecular weight is 276 g/mol. The average Bonchev–Trinajstić information content (AvgIpc) is 2.29. The van der Waals surface area contributed by atoms with Crippen molar-refractivity contribution < 1.29 is 14.2 Å². The molecule has 0 aliphatic heterocycles. The summed E-state index contributed by atoms with van der Waals surface area (Å²) in [6.07, 6.45) is 0.549. The Morgan fingerprint density at radius 1 is 1.50 bits per heavy atom. The maximum absolute atomic E-state index is 12.8. The normalized spacial score (nSPS) is 14.5. The van der Waals surface area contributed by atoms with E-state index in [0.29, 0.717) is 31.1 Å². The van der Waals surface area contributed by atoms with E-state index in [1.165, 1.54) is 12.1 Å². The third-order valence-electron chi connectivity index (χ3n) is 2.68. The van der Waals surface area contributed by atoms with E-state index in [0.717, 1.165) is 5.56 Å². The lowest BCUT2D eigenvalue weighted by atomic mass is 10.0. The first kappa shape index (κ1) is 15.4. The van der Waals surface area contributed by atoms with Crippen LogP contribution in [0.25, 0.3) is 0 Å². The molecule has 1 aromatic rings. The molecule has 18 heavy (non-hydrogen) atoms. The summed E-state index contributed by atoms with van der Waals surface area (Å²) in [6.45, 7) is 3.16. The Morgan fingerprint density at radius 3 is 2.83 bits per heavy atom. The zero-order valence-corrected chi connectivity index (χ0v) is 11.4. The van der Waals surface area contributed by atoms with Gasteiger partial charge in [0.15, 0.2) is 0 Å². The number of halogens is 2. The SMILES string of the molecule is COCCC(C)(O)CNCc1ccc(F)cc1Cl. The van der Waals surface area contributed by atoms with Gasteiger partial charge in [0, 0.05) is 38.2 Å². The van der Waals surface area contributed by atoms with Crippen molar-refractivity contribution in [2.45, 2.75) is 25.5 Å². The van der Waals surface area contributed by atoms with Crippen molar-refractivity contribution in [2.24, 2.45) is 0 Å². The van der Waals surface area contributed by atoms with E-state index < -0.39 is 5.60 Å². The number of rotatable bonds is 7. The molecule has 0 amide bonds. The molecule has 0 aliphatic rings. The Balaban J connectivity index is 2.41. The minimum Gasteiger partial charge on any atom is -0.389 e. The maximum Gasteiger partial charge on any atom is 0.124 e. The van der Waals surface area contributed by atoms with Gasteiger partial charge in [0.1, 0.15) is 5.82 Å². The van der Waals surface area contributed by atoms with Crippen molar-refractivity contribution in [1.29, 1.82) is 0 Å². The second-order valence-electron chi connectivity index (χ2n) is 4.58. The highest BCUT2D eigenvalue weighted by Gasteiger charge is 2.19. The fraction of sp³-hybridized carbons (Fsp3) is 0.538. The van der Waals surface area contributed by atoms with Crippen LogP contribution in [-0.4, -0.2) is 31.0 Å². The molecule has 0 saturated carbocycles. The summed E-state index contributed by atoms with van der Waals surface area (Å²) in [6, 6.07) is 4.28. The van der Waals surface area contributed by atoms with Crippen molar-refractivity contribution in [1.82, 2.24) is 5.32 Å². The molecule has 0 saturated heterocycles. The van der Waals surface area contributed by atoms with Gasteiger partial charge in [0.05, 0.1) is 5.60 Å². The number of benzene rings is 1. The molecule has 1 unspecified atom stereocenters. The number of ether oxygens (including phenoxy) is 1. The standard InChI is InChI=1S/C13H19ClFNO2/c1-13(17,5-6-18-2)9-16-8-10-3-4-11(15)7-12(10)14/h3-4,7,16-17H,5-6,8-9H2,1-2H3. The molecule has 3 nitrogen and oxygen atoms in total. The summed E-state index contributed by atoms with van der Waals surface area (Å²) in [4.78, 5) is 0. The third-order valence-corrected chi connectivity index (χ3v) is 3.03. The molecule has 2 N–H and O–H groups in total. The molecule has 0 aliphatic carbocycles. The third kappa shape index (κ3) is 5.31. The van der Waals surface area contributed by atoms with E-state index >= 15 is 0 Å². The number of aliphatic hydroxyl groups is 1. The predicted molar refractivity (Wildman–Crippen MR) is 70.2 cm³/mol. The smallest absolute Gasteiger partial charge is 0.124 e. The predicted octanol–water partition coefficient (Wildman–Crippen LogP) is 2.36. The van der Waals surface area contributed by atoms with Crippen LogP contribution in [-0.2, 0) is 11.3 Å². The minimum atomic E-state index is -0.831. The van der Waals surface area contributed by atoms with Crippen LogP contribution in [0, 0.1) is 5.82 Å². The second-order valence-corrected chi connectivity index (χ2v) is 4.99. The molecule has 0 spiro atoms. The van der Waals surface area contributed by atoms with Gasteiger partial charge in [-0.3, -0.25) is 0 Å². The first-order valence-corrected chi connectivity index (χ1v) is 6.18. The fourth-order valence-electron chi connectivity index (χ4n) is 1.54. The van der Waals surface area contributed by atoms with Crippen molar-refractivity contribution in [2.75, 3.05) is 20.3 Å². The summed E-state index contributed by atoms with van der Waals surface area (Å²) in [5, 5.41) is 13.5. The maximum atomic E-state index is 12.8. The second kappa shape index (κ2) is 7.04. The van der Waals surface area contributed by atoms with E-state index in [1.54, 1.807) is 20.1 Å². The largest absolute Gasteiger partial charge is 0.389 e. The summed E-state index contributed by atoms with van der Waals surface area (Å²) in [5.41, 5.74) is -0.0247. The van der Waals surface area contributed by atoms with Gasteiger partial charge in [-0.25, -0.2) is 4.39 Å². The van der Waals surface area contributed by atoms with Gasteiger partial charge in [-0.2, -0.15) is 0 Å². The fourth-order valence-corrected chi connectivity index (χ4v) is 1.78. The number of hydrogen-bond donors (Lipinski definition) is 2. The number of nitrogens with one attached hydrogen (secondary N) is 1. The van der Waals surface area contributed by atoms with Crippen molar-refractivity contribution in [3.63, 3.8) is 0 Å². The molecule has 102 valence electrons. The highest BCUT2D eigenvalue weighted by molar-refractivity contribution is 6.31. The molecular weight excluding hydrogens is 257 g/mol. The van der Waals surface area contributed by atoms with Gasteiger partial charge in [-0.05, 0) is 24.6 Å². The van der Waals surface area contributed by atoms with Crippen LogP contribution in [0.2, 0.25) is 5.02 Å². The zero-order chi connectivity index (χ0) is 13.6. The van der Waals surface area contributed by atoms with Gasteiger partial charge in [0.25, 0.3) is 0 Å². The molecule has 0 fully saturated rings. The molecule has 0 bridgehead atoms. The summed E-state index contributed by atoms with van der Waals surface area (Å²) < 4.78 is 17.8. The van der Waals surface area contributed by atoms with Crippen LogP contribution in [0.15, 0.2) is 18.2 Å². The Bertz CT molecular complexity index is 385. The van der Waals surface area contributed by atoms with E-state index in [9.17, 15) is 9.50 Å². The molecule has 1 atom stereocenters.